The summed E-state index contributed by atoms with van der Waals surface area (Å²) in [5.74, 6) is -1.03. The highest BCUT2D eigenvalue weighted by atomic mass is 16.5. The van der Waals surface area contributed by atoms with Gasteiger partial charge in [0.2, 0.25) is 0 Å². The summed E-state index contributed by atoms with van der Waals surface area (Å²) in [6.07, 6.45) is 0. The van der Waals surface area contributed by atoms with Crippen LogP contribution in [0.3, 0.4) is 0 Å². The average Bonchev–Trinajstić information content (AvgIpc) is 2.84. The molecule has 2 amide bonds. The van der Waals surface area contributed by atoms with Crippen LogP contribution in [0, 0.1) is 6.92 Å². The van der Waals surface area contributed by atoms with Gasteiger partial charge in [-0.25, -0.2) is 4.90 Å². The minimum atomic E-state index is -0.746. The van der Waals surface area contributed by atoms with Crippen LogP contribution in [0.5, 0.6) is 11.5 Å². The summed E-state index contributed by atoms with van der Waals surface area (Å²) in [6, 6.07) is 11.8. The first-order chi connectivity index (χ1) is 12.0. The van der Waals surface area contributed by atoms with Crippen molar-refractivity contribution in [1.29, 1.82) is 0 Å². The molecule has 0 spiro atoms. The zero-order valence-electron chi connectivity index (χ0n) is 14.1. The molecule has 1 aliphatic rings. The molecule has 0 aliphatic carbocycles. The Balaban J connectivity index is 2.08. The number of aliphatic hydroxyl groups excluding tert-OH is 1. The lowest BCUT2D eigenvalue weighted by Crippen LogP contribution is -2.32. The second kappa shape index (κ2) is 6.32. The van der Waals surface area contributed by atoms with Gasteiger partial charge in [-0.05, 0) is 36.2 Å². The third-order valence-corrected chi connectivity index (χ3v) is 4.09. The summed E-state index contributed by atoms with van der Waals surface area (Å²) >= 11 is 0. The molecule has 2 aromatic carbocycles. The quantitative estimate of drug-likeness (QED) is 0.867. The summed E-state index contributed by atoms with van der Waals surface area (Å²) in [5.41, 5.74) is 1.52. The maximum Gasteiger partial charge on any atom is 0.301 e. The Hall–Kier alpha value is -3.28. The summed E-state index contributed by atoms with van der Waals surface area (Å²) in [6.45, 7) is 1.79. The Labute approximate surface area is 144 Å². The summed E-state index contributed by atoms with van der Waals surface area (Å²) in [5, 5.41) is 10.3. The number of ether oxygens (including phenoxy) is 2. The van der Waals surface area contributed by atoms with Crippen molar-refractivity contribution < 1.29 is 24.2 Å². The van der Waals surface area contributed by atoms with Crippen molar-refractivity contribution in [2.45, 2.75) is 6.92 Å². The van der Waals surface area contributed by atoms with Gasteiger partial charge in [0.25, 0.3) is 5.91 Å². The fourth-order valence-corrected chi connectivity index (χ4v) is 2.80. The number of carbonyl (C=O) groups is 2. The Kier molecular flexibility index (Phi) is 4.19. The van der Waals surface area contributed by atoms with Crippen LogP contribution in [0.1, 0.15) is 11.1 Å². The second-order valence-electron chi connectivity index (χ2n) is 5.53. The van der Waals surface area contributed by atoms with Crippen molar-refractivity contribution in [3.05, 3.63) is 59.4 Å². The Morgan fingerprint density at radius 1 is 0.920 bits per heavy atom. The van der Waals surface area contributed by atoms with Crippen molar-refractivity contribution >= 4 is 23.1 Å². The molecule has 0 atom stereocenters. The molecule has 2 aromatic rings. The van der Waals surface area contributed by atoms with E-state index in [1.807, 2.05) is 6.07 Å². The number of imide groups is 1. The number of nitrogens with zero attached hydrogens (tertiary/aromatic N) is 1. The highest BCUT2D eigenvalue weighted by molar-refractivity contribution is 6.45. The molecule has 1 heterocycles. The van der Waals surface area contributed by atoms with Crippen LogP contribution in [0.15, 0.2) is 48.2 Å². The van der Waals surface area contributed by atoms with Gasteiger partial charge in [-0.15, -0.1) is 0 Å². The number of aryl methyl sites for hydroxylation is 1. The van der Waals surface area contributed by atoms with Gasteiger partial charge in [-0.1, -0.05) is 24.3 Å². The topological polar surface area (TPSA) is 76.1 Å². The second-order valence-corrected chi connectivity index (χ2v) is 5.53. The first-order valence-electron chi connectivity index (χ1n) is 7.59. The number of benzene rings is 2. The van der Waals surface area contributed by atoms with Gasteiger partial charge in [0.15, 0.2) is 17.3 Å². The minimum absolute atomic E-state index is 0.0609. The van der Waals surface area contributed by atoms with E-state index in [9.17, 15) is 14.7 Å². The van der Waals surface area contributed by atoms with E-state index in [2.05, 4.69) is 0 Å². The number of anilines is 1. The largest absolute Gasteiger partial charge is 0.502 e. The molecule has 0 aromatic heterocycles. The number of para-hydroxylation sites is 1. The van der Waals surface area contributed by atoms with E-state index in [4.69, 9.17) is 9.47 Å². The molecule has 128 valence electrons. The van der Waals surface area contributed by atoms with Gasteiger partial charge in [0, 0.05) is 0 Å². The fourth-order valence-electron chi connectivity index (χ4n) is 2.80. The maximum absolute atomic E-state index is 12.8. The molecule has 1 aliphatic heterocycles. The van der Waals surface area contributed by atoms with Gasteiger partial charge in [0.1, 0.15) is 0 Å². The number of amides is 2. The van der Waals surface area contributed by atoms with E-state index in [0.717, 1.165) is 10.5 Å². The van der Waals surface area contributed by atoms with Gasteiger partial charge < -0.3 is 14.6 Å². The molecule has 6 nitrogen and oxygen atoms in total. The number of hydrogen-bond donors (Lipinski definition) is 1. The van der Waals surface area contributed by atoms with Crippen LogP contribution in [0.2, 0.25) is 0 Å². The highest BCUT2D eigenvalue weighted by Crippen LogP contribution is 2.36. The smallest absolute Gasteiger partial charge is 0.301 e. The van der Waals surface area contributed by atoms with Crippen LogP contribution < -0.4 is 14.4 Å². The zero-order valence-corrected chi connectivity index (χ0v) is 14.1. The van der Waals surface area contributed by atoms with Crippen LogP contribution in [-0.4, -0.2) is 31.1 Å². The van der Waals surface area contributed by atoms with Gasteiger partial charge in [-0.2, -0.15) is 0 Å². The normalized spacial score (nSPS) is 14.3. The predicted molar refractivity (Wildman–Crippen MR) is 92.8 cm³/mol. The van der Waals surface area contributed by atoms with Crippen molar-refractivity contribution in [1.82, 2.24) is 0 Å². The van der Waals surface area contributed by atoms with Crippen LogP contribution >= 0.6 is 0 Å². The monoisotopic (exact) mass is 339 g/mol. The van der Waals surface area contributed by atoms with Gasteiger partial charge in [-0.3, -0.25) is 9.59 Å². The average molecular weight is 339 g/mol. The molecule has 0 fully saturated rings. The van der Waals surface area contributed by atoms with Crippen molar-refractivity contribution in [3.63, 3.8) is 0 Å². The SMILES string of the molecule is COc1ccc(C2=C(O)C(=O)N(c3ccccc3C)C2=O)cc1OC. The highest BCUT2D eigenvalue weighted by Gasteiger charge is 2.40. The maximum atomic E-state index is 12.8. The van der Waals surface area contributed by atoms with Crippen molar-refractivity contribution in [2.24, 2.45) is 0 Å². The number of methoxy groups -OCH3 is 2. The lowest BCUT2D eigenvalue weighted by atomic mass is 10.0. The molecule has 0 bridgehead atoms. The van der Waals surface area contributed by atoms with Crippen molar-refractivity contribution in [3.8, 4) is 11.5 Å². The van der Waals surface area contributed by atoms with Crippen LogP contribution in [0.25, 0.3) is 5.57 Å². The van der Waals surface area contributed by atoms with Gasteiger partial charge >= 0.3 is 5.91 Å². The number of carbonyl (C=O) groups excluding carboxylic acids is 2. The van der Waals surface area contributed by atoms with Gasteiger partial charge in [0.05, 0.1) is 25.5 Å². The van der Waals surface area contributed by atoms with E-state index in [1.165, 1.54) is 14.2 Å². The molecular weight excluding hydrogens is 322 g/mol. The van der Waals surface area contributed by atoms with E-state index >= 15 is 0 Å². The summed E-state index contributed by atoms with van der Waals surface area (Å²) in [4.78, 5) is 26.3. The first-order valence-corrected chi connectivity index (χ1v) is 7.59. The first kappa shape index (κ1) is 16.6. The van der Waals surface area contributed by atoms with E-state index in [-0.39, 0.29) is 5.57 Å². The molecular formula is C19H17NO5. The van der Waals surface area contributed by atoms with E-state index < -0.39 is 17.6 Å². The van der Waals surface area contributed by atoms with E-state index in [1.54, 1.807) is 43.3 Å². The number of hydrogen-bond acceptors (Lipinski definition) is 5. The molecule has 0 unspecified atom stereocenters. The Bertz CT molecular complexity index is 900. The molecule has 0 radical (unpaired) electrons. The van der Waals surface area contributed by atoms with Crippen molar-refractivity contribution in [2.75, 3.05) is 19.1 Å². The minimum Gasteiger partial charge on any atom is -0.502 e. The van der Waals surface area contributed by atoms with Crippen LogP contribution in [0.4, 0.5) is 5.69 Å². The van der Waals surface area contributed by atoms with Crippen LogP contribution in [-0.2, 0) is 9.59 Å². The lowest BCUT2D eigenvalue weighted by Gasteiger charge is -2.17. The number of aliphatic hydroxyl groups is 1. The lowest BCUT2D eigenvalue weighted by molar-refractivity contribution is -0.121. The molecule has 1 N–H and O–H groups in total. The third kappa shape index (κ3) is 2.61. The Morgan fingerprint density at radius 3 is 2.24 bits per heavy atom. The Morgan fingerprint density at radius 2 is 1.60 bits per heavy atom. The molecule has 0 saturated carbocycles. The standard InChI is InChI=1S/C19H17NO5/c1-11-6-4-5-7-13(11)20-18(22)16(17(21)19(20)23)12-8-9-14(24-2)15(10-12)25-3/h4-10,21H,1-3H3. The predicted octanol–water partition coefficient (Wildman–Crippen LogP) is 2.85. The molecule has 6 heteroatoms. The molecule has 3 rings (SSSR count). The summed E-state index contributed by atoms with van der Waals surface area (Å²) < 4.78 is 10.4. The molecule has 0 saturated heterocycles. The summed E-state index contributed by atoms with van der Waals surface area (Å²) in [7, 11) is 2.97. The number of rotatable bonds is 4. The molecule has 25 heavy (non-hydrogen) atoms. The fraction of sp³-hybridized carbons (Fsp3) is 0.158. The third-order valence-electron chi connectivity index (χ3n) is 4.09. The zero-order chi connectivity index (χ0) is 18.1. The van der Waals surface area contributed by atoms with E-state index in [0.29, 0.717) is 22.7 Å².